The number of carbonyl (C=O) groups excluding carboxylic acids is 1. The van der Waals surface area contributed by atoms with Crippen LogP contribution < -0.4 is 10.6 Å². The highest BCUT2D eigenvalue weighted by atomic mass is 35.5. The molecule has 0 spiro atoms. The van der Waals surface area contributed by atoms with Crippen molar-refractivity contribution in [2.24, 2.45) is 0 Å². The summed E-state index contributed by atoms with van der Waals surface area (Å²) in [5.41, 5.74) is 5.42. The van der Waals surface area contributed by atoms with E-state index in [2.05, 4.69) is 29.7 Å². The SMILES string of the molecule is CCc1ccc(N[C@H]2NC(=O)/C(=C/c3cc(C)n(-c4ccc(Cl)c(C(=O)O)c4)c3C)S2)cc1. The second-order valence-corrected chi connectivity index (χ2v) is 9.36. The minimum absolute atomic E-state index is 0.0492. The highest BCUT2D eigenvalue weighted by Crippen LogP contribution is 2.32. The molecule has 1 aromatic heterocycles. The molecule has 6 nitrogen and oxygen atoms in total. The van der Waals surface area contributed by atoms with Crippen LogP contribution in [0.2, 0.25) is 5.02 Å². The van der Waals surface area contributed by atoms with Crippen molar-refractivity contribution in [2.45, 2.75) is 32.7 Å². The molecule has 0 saturated carbocycles. The number of aromatic carboxylic acids is 1. The maximum atomic E-state index is 12.6. The van der Waals surface area contributed by atoms with E-state index in [0.717, 1.165) is 29.1 Å². The van der Waals surface area contributed by atoms with Crippen molar-refractivity contribution in [3.05, 3.63) is 86.5 Å². The Morgan fingerprint density at radius 2 is 1.94 bits per heavy atom. The minimum Gasteiger partial charge on any atom is -0.478 e. The normalized spacial score (nSPS) is 16.8. The zero-order valence-corrected chi connectivity index (χ0v) is 20.1. The van der Waals surface area contributed by atoms with Crippen molar-refractivity contribution in [3.63, 3.8) is 0 Å². The molecule has 0 aliphatic carbocycles. The van der Waals surface area contributed by atoms with Gasteiger partial charge in [0, 0.05) is 22.8 Å². The summed E-state index contributed by atoms with van der Waals surface area (Å²) in [6.45, 7) is 5.99. The number of halogens is 1. The van der Waals surface area contributed by atoms with Crippen LogP contribution in [0.1, 0.15) is 39.8 Å². The van der Waals surface area contributed by atoms with Crippen LogP contribution in [0.5, 0.6) is 0 Å². The lowest BCUT2D eigenvalue weighted by Gasteiger charge is -2.13. The maximum Gasteiger partial charge on any atom is 0.337 e. The van der Waals surface area contributed by atoms with E-state index in [9.17, 15) is 14.7 Å². The van der Waals surface area contributed by atoms with Crippen LogP contribution in [0, 0.1) is 13.8 Å². The fourth-order valence-corrected chi connectivity index (χ4v) is 5.02. The van der Waals surface area contributed by atoms with Gasteiger partial charge in [-0.2, -0.15) is 0 Å². The summed E-state index contributed by atoms with van der Waals surface area (Å²) in [4.78, 5) is 24.7. The highest BCUT2D eigenvalue weighted by molar-refractivity contribution is 8.05. The molecule has 1 aliphatic heterocycles. The van der Waals surface area contributed by atoms with Gasteiger partial charge in [0.05, 0.1) is 15.5 Å². The number of anilines is 1. The second kappa shape index (κ2) is 9.37. The first kappa shape index (κ1) is 23.0. The van der Waals surface area contributed by atoms with E-state index in [0.29, 0.717) is 10.6 Å². The van der Waals surface area contributed by atoms with Gasteiger partial charge in [0.15, 0.2) is 5.50 Å². The van der Waals surface area contributed by atoms with Crippen LogP contribution >= 0.6 is 23.4 Å². The third-order valence-electron chi connectivity index (χ3n) is 5.59. The van der Waals surface area contributed by atoms with Crippen molar-refractivity contribution in [2.75, 3.05) is 5.32 Å². The lowest BCUT2D eigenvalue weighted by atomic mass is 10.1. The molecule has 0 bridgehead atoms. The zero-order chi connectivity index (χ0) is 23.7. The van der Waals surface area contributed by atoms with Gasteiger partial charge in [-0.25, -0.2) is 4.79 Å². The first-order valence-electron chi connectivity index (χ1n) is 10.5. The average Bonchev–Trinajstić information content (AvgIpc) is 3.26. The van der Waals surface area contributed by atoms with E-state index in [1.165, 1.54) is 17.3 Å². The van der Waals surface area contributed by atoms with Gasteiger partial charge in [-0.1, -0.05) is 42.4 Å². The number of carboxylic acids is 1. The van der Waals surface area contributed by atoms with E-state index < -0.39 is 5.97 Å². The predicted molar refractivity (Wildman–Crippen MR) is 134 cm³/mol. The number of nitrogens with one attached hydrogen (secondary N) is 2. The molecule has 3 N–H and O–H groups in total. The third-order valence-corrected chi connectivity index (χ3v) is 6.94. The summed E-state index contributed by atoms with van der Waals surface area (Å²) in [5.74, 6) is -1.21. The third kappa shape index (κ3) is 4.79. The van der Waals surface area contributed by atoms with Gasteiger partial charge in [-0.05, 0) is 73.9 Å². The van der Waals surface area contributed by atoms with E-state index in [-0.39, 0.29) is 22.0 Å². The number of aryl methyl sites for hydroxylation is 2. The highest BCUT2D eigenvalue weighted by Gasteiger charge is 2.27. The summed E-state index contributed by atoms with van der Waals surface area (Å²) >= 11 is 7.46. The number of carboxylic acid groups (broad SMARTS) is 1. The minimum atomic E-state index is -1.08. The van der Waals surface area contributed by atoms with Crippen LogP contribution in [-0.4, -0.2) is 27.0 Å². The molecule has 8 heteroatoms. The molecule has 1 amide bonds. The van der Waals surface area contributed by atoms with E-state index in [1.54, 1.807) is 18.2 Å². The largest absolute Gasteiger partial charge is 0.478 e. The Morgan fingerprint density at radius 1 is 1.21 bits per heavy atom. The zero-order valence-electron chi connectivity index (χ0n) is 18.5. The molecule has 170 valence electrons. The number of amides is 1. The molecule has 1 fully saturated rings. The predicted octanol–water partition coefficient (Wildman–Crippen LogP) is 5.61. The summed E-state index contributed by atoms with van der Waals surface area (Å²) in [6.07, 6.45) is 2.85. The number of hydrogen-bond donors (Lipinski definition) is 3. The van der Waals surface area contributed by atoms with Gasteiger partial charge in [0.25, 0.3) is 5.91 Å². The standard InChI is InChI=1S/C25H24ClN3O3S/c1-4-16-5-7-18(8-6-16)27-25-28-23(30)22(33-25)12-17-11-14(2)29(15(17)3)19-9-10-21(26)20(13-19)24(31)32/h5-13,25,27H,4H2,1-3H3,(H,28,30)(H,31,32)/b22-12-/t25-/m0/s1. The summed E-state index contributed by atoms with van der Waals surface area (Å²) in [6, 6.07) is 15.1. The Bertz CT molecular complexity index is 1260. The van der Waals surface area contributed by atoms with Gasteiger partial charge >= 0.3 is 5.97 Å². The van der Waals surface area contributed by atoms with E-state index in [1.807, 2.05) is 42.7 Å². The topological polar surface area (TPSA) is 83.4 Å². The van der Waals surface area contributed by atoms with Crippen LogP contribution in [0.15, 0.2) is 53.4 Å². The molecule has 2 aromatic carbocycles. The number of carbonyl (C=O) groups is 2. The summed E-state index contributed by atoms with van der Waals surface area (Å²) in [7, 11) is 0. The molecule has 1 aliphatic rings. The van der Waals surface area contributed by atoms with E-state index in [4.69, 9.17) is 11.6 Å². The average molecular weight is 482 g/mol. The fourth-order valence-electron chi connectivity index (χ4n) is 3.84. The Labute approximate surface area is 201 Å². The first-order valence-corrected chi connectivity index (χ1v) is 11.8. The van der Waals surface area contributed by atoms with Gasteiger partial charge in [-0.15, -0.1) is 0 Å². The van der Waals surface area contributed by atoms with Crippen molar-refractivity contribution in [1.29, 1.82) is 0 Å². The molecule has 1 saturated heterocycles. The molecule has 4 rings (SSSR count). The number of aromatic nitrogens is 1. The molecule has 33 heavy (non-hydrogen) atoms. The Morgan fingerprint density at radius 3 is 2.61 bits per heavy atom. The van der Waals surface area contributed by atoms with Gasteiger partial charge in [0.1, 0.15) is 0 Å². The molecule has 1 atom stereocenters. The van der Waals surface area contributed by atoms with Gasteiger partial charge in [-0.3, -0.25) is 4.79 Å². The monoisotopic (exact) mass is 481 g/mol. The lowest BCUT2D eigenvalue weighted by Crippen LogP contribution is -2.30. The first-order chi connectivity index (χ1) is 15.8. The number of benzene rings is 2. The van der Waals surface area contributed by atoms with Crippen LogP contribution in [0.4, 0.5) is 5.69 Å². The molecule has 2 heterocycles. The maximum absolute atomic E-state index is 12.6. The number of nitrogens with zero attached hydrogens (tertiary/aromatic N) is 1. The van der Waals surface area contributed by atoms with Crippen molar-refractivity contribution in [3.8, 4) is 5.69 Å². The number of thioether (sulfide) groups is 1. The molecule has 3 aromatic rings. The van der Waals surface area contributed by atoms with Crippen LogP contribution in [-0.2, 0) is 11.2 Å². The molecular weight excluding hydrogens is 458 g/mol. The van der Waals surface area contributed by atoms with Crippen molar-refractivity contribution < 1.29 is 14.7 Å². The Kier molecular flexibility index (Phi) is 6.54. The van der Waals surface area contributed by atoms with E-state index >= 15 is 0 Å². The quantitative estimate of drug-likeness (QED) is 0.399. The summed E-state index contributed by atoms with van der Waals surface area (Å²) in [5, 5.41) is 15.9. The fraction of sp³-hybridized carbons (Fsp3) is 0.200. The van der Waals surface area contributed by atoms with Crippen molar-refractivity contribution >= 4 is 47.0 Å². The smallest absolute Gasteiger partial charge is 0.337 e. The summed E-state index contributed by atoms with van der Waals surface area (Å²) < 4.78 is 1.96. The lowest BCUT2D eigenvalue weighted by molar-refractivity contribution is -0.116. The second-order valence-electron chi connectivity index (χ2n) is 7.81. The molecule has 0 radical (unpaired) electrons. The van der Waals surface area contributed by atoms with Gasteiger partial charge < -0.3 is 20.3 Å². The van der Waals surface area contributed by atoms with Gasteiger partial charge in [0.2, 0.25) is 0 Å². The van der Waals surface area contributed by atoms with Crippen LogP contribution in [0.25, 0.3) is 11.8 Å². The Balaban J connectivity index is 1.58. The number of rotatable bonds is 6. The van der Waals surface area contributed by atoms with Crippen LogP contribution in [0.3, 0.4) is 0 Å². The Hall–Kier alpha value is -3.16. The molecular formula is C25H24ClN3O3S. The molecule has 0 unspecified atom stereocenters. The number of hydrogen-bond acceptors (Lipinski definition) is 4. The van der Waals surface area contributed by atoms with Crippen molar-refractivity contribution in [1.82, 2.24) is 9.88 Å².